The molecule has 0 heterocycles. The average Bonchev–Trinajstić information content (AvgIpc) is 2.78. The van der Waals surface area contributed by atoms with Crippen LogP contribution in [0.5, 0.6) is 0 Å². The number of fused-ring (bicyclic) bond motifs is 1. The van der Waals surface area contributed by atoms with E-state index in [1.807, 2.05) is 30.3 Å². The summed E-state index contributed by atoms with van der Waals surface area (Å²) in [5, 5.41) is 17.0. The third-order valence-electron chi connectivity index (χ3n) is 4.74. The number of halogens is 2. The molecular formula is C23H23BrClN5O3. The second-order valence-electron chi connectivity index (χ2n) is 7.03. The van der Waals surface area contributed by atoms with Crippen LogP contribution in [0.4, 0.5) is 5.69 Å². The highest BCUT2D eigenvalue weighted by Crippen LogP contribution is 2.23. The summed E-state index contributed by atoms with van der Waals surface area (Å²) in [4.78, 5) is 38.2. The van der Waals surface area contributed by atoms with Crippen LogP contribution in [-0.2, 0) is 4.79 Å². The van der Waals surface area contributed by atoms with E-state index in [-0.39, 0.29) is 29.6 Å². The van der Waals surface area contributed by atoms with Crippen molar-refractivity contribution in [3.8, 4) is 0 Å². The number of nitrogens with one attached hydrogen (secondary N) is 4. The first kappa shape index (κ1) is 25.8. The van der Waals surface area contributed by atoms with Crippen LogP contribution in [0.1, 0.15) is 34.1 Å². The lowest BCUT2D eigenvalue weighted by molar-refractivity contribution is -0.117. The number of amides is 2. The van der Waals surface area contributed by atoms with Gasteiger partial charge in [-0.3, -0.25) is 19.8 Å². The van der Waals surface area contributed by atoms with Gasteiger partial charge in [0.15, 0.2) is 5.96 Å². The molecule has 3 aromatic carbocycles. The Morgan fingerprint density at radius 1 is 1.00 bits per heavy atom. The van der Waals surface area contributed by atoms with E-state index in [1.54, 1.807) is 31.2 Å². The minimum Gasteiger partial charge on any atom is -0.370 e. The van der Waals surface area contributed by atoms with Gasteiger partial charge in [0.2, 0.25) is 0 Å². The van der Waals surface area contributed by atoms with Gasteiger partial charge in [0.05, 0.1) is 11.3 Å². The van der Waals surface area contributed by atoms with Crippen molar-refractivity contribution in [2.24, 2.45) is 5.73 Å². The average molecular weight is 533 g/mol. The molecule has 0 fully saturated rings. The van der Waals surface area contributed by atoms with Crippen molar-refractivity contribution < 1.29 is 14.4 Å². The maximum atomic E-state index is 12.9. The smallest absolute Gasteiger partial charge is 0.294 e. The lowest BCUT2D eigenvalue weighted by Crippen LogP contribution is -2.51. The molecule has 0 bridgehead atoms. The van der Waals surface area contributed by atoms with Gasteiger partial charge in [-0.2, -0.15) is 0 Å². The van der Waals surface area contributed by atoms with Crippen LogP contribution in [0.25, 0.3) is 10.8 Å². The Kier molecular flexibility index (Phi) is 8.95. The summed E-state index contributed by atoms with van der Waals surface area (Å²) in [6, 6.07) is 17.7. The summed E-state index contributed by atoms with van der Waals surface area (Å²) in [6.07, 6.45) is -0.269. The monoisotopic (exact) mass is 531 g/mol. The van der Waals surface area contributed by atoms with Gasteiger partial charge >= 0.3 is 0 Å². The fraction of sp³-hybridized carbons (Fsp3) is 0.130. The molecule has 0 saturated heterocycles. The number of carbonyl (C=O) groups is 3. The molecule has 172 valence electrons. The molecule has 1 atom stereocenters. The number of carbonyl (C=O) groups excluding carboxylic acids is 3. The van der Waals surface area contributed by atoms with E-state index >= 15 is 0 Å². The Balaban J connectivity index is 0.00000385. The Morgan fingerprint density at radius 3 is 2.36 bits per heavy atom. The number of benzene rings is 3. The molecule has 0 aliphatic rings. The molecule has 33 heavy (non-hydrogen) atoms. The van der Waals surface area contributed by atoms with E-state index in [9.17, 15) is 14.4 Å². The van der Waals surface area contributed by atoms with Crippen molar-refractivity contribution in [3.05, 3.63) is 76.3 Å². The summed E-state index contributed by atoms with van der Waals surface area (Å²) in [5.41, 5.74) is 5.96. The molecule has 6 N–H and O–H groups in total. The fourth-order valence-electron chi connectivity index (χ4n) is 3.11. The number of hydrogen-bond acceptors (Lipinski definition) is 4. The predicted molar refractivity (Wildman–Crippen MR) is 135 cm³/mol. The molecule has 0 aliphatic carbocycles. The molecule has 0 saturated carbocycles. The van der Waals surface area contributed by atoms with Gasteiger partial charge in [0, 0.05) is 10.0 Å². The summed E-state index contributed by atoms with van der Waals surface area (Å²) in [5.74, 6) is -2.44. The van der Waals surface area contributed by atoms with E-state index in [2.05, 4.69) is 31.9 Å². The number of rotatable bonds is 7. The number of anilines is 1. The highest BCUT2D eigenvalue weighted by Gasteiger charge is 2.23. The van der Waals surface area contributed by atoms with Crippen LogP contribution < -0.4 is 21.7 Å². The molecule has 1 unspecified atom stereocenters. The van der Waals surface area contributed by atoms with Crippen LogP contribution in [0.2, 0.25) is 0 Å². The Hall–Kier alpha value is -3.43. The van der Waals surface area contributed by atoms with E-state index in [0.29, 0.717) is 16.5 Å². The molecule has 10 heteroatoms. The van der Waals surface area contributed by atoms with Gasteiger partial charge in [-0.15, -0.1) is 12.4 Å². The second-order valence-corrected chi connectivity index (χ2v) is 7.94. The third kappa shape index (κ3) is 6.53. The van der Waals surface area contributed by atoms with Crippen molar-refractivity contribution in [3.63, 3.8) is 0 Å². The SMILES string of the molecule is CCC(NC(=N)N)NC(=O)C(=O)c1cc(Br)ccc1NC(=O)c1ccc2ccccc2c1.Cl. The third-order valence-corrected chi connectivity index (χ3v) is 5.23. The minimum atomic E-state index is -0.884. The summed E-state index contributed by atoms with van der Waals surface area (Å²) in [7, 11) is 0. The second kappa shape index (κ2) is 11.4. The first-order chi connectivity index (χ1) is 15.3. The van der Waals surface area contributed by atoms with E-state index in [1.165, 1.54) is 6.07 Å². The molecular weight excluding hydrogens is 510 g/mol. The van der Waals surface area contributed by atoms with E-state index in [0.717, 1.165) is 10.8 Å². The zero-order valence-corrected chi connectivity index (χ0v) is 20.0. The van der Waals surface area contributed by atoms with Crippen LogP contribution in [0.3, 0.4) is 0 Å². The maximum Gasteiger partial charge on any atom is 0.294 e. The number of guanidine groups is 1. The van der Waals surface area contributed by atoms with E-state index in [4.69, 9.17) is 11.1 Å². The molecule has 2 amide bonds. The summed E-state index contributed by atoms with van der Waals surface area (Å²) in [6.45, 7) is 1.76. The maximum absolute atomic E-state index is 12.9. The zero-order chi connectivity index (χ0) is 23.3. The molecule has 0 radical (unpaired) electrons. The van der Waals surface area contributed by atoms with Crippen molar-refractivity contribution in [2.75, 3.05) is 5.32 Å². The lowest BCUT2D eigenvalue weighted by atomic mass is 10.1. The molecule has 3 aromatic rings. The largest absolute Gasteiger partial charge is 0.370 e. The summed E-state index contributed by atoms with van der Waals surface area (Å²) >= 11 is 3.30. The van der Waals surface area contributed by atoms with Crippen LogP contribution in [-0.4, -0.2) is 29.7 Å². The van der Waals surface area contributed by atoms with Crippen molar-refractivity contribution in [1.82, 2.24) is 10.6 Å². The molecule has 3 rings (SSSR count). The number of hydrogen-bond donors (Lipinski definition) is 5. The highest BCUT2D eigenvalue weighted by molar-refractivity contribution is 9.10. The number of ketones is 1. The topological polar surface area (TPSA) is 137 Å². The van der Waals surface area contributed by atoms with Crippen LogP contribution in [0, 0.1) is 5.41 Å². The zero-order valence-electron chi connectivity index (χ0n) is 17.6. The van der Waals surface area contributed by atoms with Crippen molar-refractivity contribution >= 4 is 68.4 Å². The van der Waals surface area contributed by atoms with Crippen LogP contribution >= 0.6 is 28.3 Å². The minimum absolute atomic E-state index is 0. The molecule has 0 spiro atoms. The normalized spacial score (nSPS) is 11.1. The van der Waals surface area contributed by atoms with Gasteiger partial charge in [0.25, 0.3) is 17.6 Å². The van der Waals surface area contributed by atoms with Gasteiger partial charge in [-0.25, -0.2) is 0 Å². The summed E-state index contributed by atoms with van der Waals surface area (Å²) < 4.78 is 0.575. The first-order valence-corrected chi connectivity index (χ1v) is 10.6. The van der Waals surface area contributed by atoms with Gasteiger partial charge in [-0.05, 0) is 47.5 Å². The quantitative estimate of drug-likeness (QED) is 0.104. The molecule has 8 nitrogen and oxygen atoms in total. The van der Waals surface area contributed by atoms with Crippen molar-refractivity contribution in [2.45, 2.75) is 19.5 Å². The Labute approximate surface area is 205 Å². The molecule has 0 aliphatic heterocycles. The van der Waals surface area contributed by atoms with Crippen molar-refractivity contribution in [1.29, 1.82) is 5.41 Å². The predicted octanol–water partition coefficient (Wildman–Crippen LogP) is 3.79. The van der Waals surface area contributed by atoms with E-state index < -0.39 is 23.8 Å². The standard InChI is InChI=1S/C23H22BrN5O3.ClH/c1-2-19(29-23(25)26)28-22(32)20(30)17-12-16(24)9-10-18(17)27-21(31)15-8-7-13-5-3-4-6-14(13)11-15;/h3-12,19H,2H2,1H3,(H,27,31)(H,28,32)(H4,25,26,29);1H. The first-order valence-electron chi connectivity index (χ1n) is 9.84. The number of Topliss-reactive ketones (excluding diaryl/α,β-unsaturated/α-hetero) is 1. The molecule has 0 aromatic heterocycles. The Bertz CT molecular complexity index is 1220. The van der Waals surface area contributed by atoms with Gasteiger partial charge in [0.1, 0.15) is 6.17 Å². The van der Waals surface area contributed by atoms with Gasteiger partial charge < -0.3 is 21.7 Å². The highest BCUT2D eigenvalue weighted by atomic mass is 79.9. The Morgan fingerprint density at radius 2 is 1.70 bits per heavy atom. The van der Waals surface area contributed by atoms with Gasteiger partial charge in [-0.1, -0.05) is 53.2 Å². The number of nitrogens with two attached hydrogens (primary N) is 1. The fourth-order valence-corrected chi connectivity index (χ4v) is 3.47. The lowest BCUT2D eigenvalue weighted by Gasteiger charge is -2.18. The van der Waals surface area contributed by atoms with Crippen LogP contribution in [0.15, 0.2) is 65.1 Å².